The fraction of sp³-hybridized carbons (Fsp3) is 0.400. The molecule has 3 rings (SSSR count). The average Bonchev–Trinajstić information content (AvgIpc) is 3.45. The second kappa shape index (κ2) is 10.9. The molecule has 0 saturated carbocycles. The Morgan fingerprint density at radius 1 is 1.19 bits per heavy atom. The number of amides is 2. The van der Waals surface area contributed by atoms with E-state index in [-0.39, 0.29) is 22.8 Å². The number of aromatic nitrogens is 1. The molecule has 0 radical (unpaired) electrons. The minimum absolute atomic E-state index is 0.109. The lowest BCUT2D eigenvalue weighted by atomic mass is 9.78. The predicted octanol–water partition coefficient (Wildman–Crippen LogP) is 5.01. The van der Waals surface area contributed by atoms with Crippen LogP contribution in [0.1, 0.15) is 63.4 Å². The topological polar surface area (TPSA) is 132 Å². The summed E-state index contributed by atoms with van der Waals surface area (Å²) < 4.78 is 37.8. The van der Waals surface area contributed by atoms with Gasteiger partial charge < -0.3 is 14.2 Å². The van der Waals surface area contributed by atoms with Crippen molar-refractivity contribution in [2.75, 3.05) is 0 Å². The van der Waals surface area contributed by atoms with E-state index in [9.17, 15) is 18.0 Å². The van der Waals surface area contributed by atoms with Crippen molar-refractivity contribution in [1.29, 1.82) is 0 Å². The monoisotopic (exact) mass is 535 g/mol. The molecule has 0 bridgehead atoms. The van der Waals surface area contributed by atoms with Gasteiger partial charge in [0.2, 0.25) is 5.09 Å². The van der Waals surface area contributed by atoms with E-state index in [1.54, 1.807) is 25.1 Å². The zero-order chi connectivity index (χ0) is 26.7. The summed E-state index contributed by atoms with van der Waals surface area (Å²) in [6.45, 7) is 11.2. The molecule has 2 amide bonds. The maximum atomic E-state index is 12.7. The number of rotatable bonds is 11. The molecule has 0 aliphatic rings. The van der Waals surface area contributed by atoms with Gasteiger partial charge in [-0.2, -0.15) is 8.42 Å². The van der Waals surface area contributed by atoms with Gasteiger partial charge in [-0.3, -0.25) is 9.59 Å². The van der Waals surface area contributed by atoms with Crippen LogP contribution < -0.4 is 10.0 Å². The molecule has 0 aliphatic heterocycles. The largest absolute Gasteiger partial charge is 0.441 e. The number of halogens is 1. The lowest BCUT2D eigenvalue weighted by Gasteiger charge is -2.30. The van der Waals surface area contributed by atoms with Gasteiger partial charge in [-0.25, -0.2) is 9.71 Å². The summed E-state index contributed by atoms with van der Waals surface area (Å²) in [6, 6.07) is 7.39. The summed E-state index contributed by atoms with van der Waals surface area (Å²) in [5, 5.41) is 2.89. The van der Waals surface area contributed by atoms with Crippen LogP contribution >= 0.6 is 11.6 Å². The van der Waals surface area contributed by atoms with Crippen LogP contribution in [0.4, 0.5) is 0 Å². The first-order valence-corrected chi connectivity index (χ1v) is 13.4. The van der Waals surface area contributed by atoms with E-state index in [1.807, 2.05) is 11.6 Å². The number of furan rings is 1. The van der Waals surface area contributed by atoms with Crippen LogP contribution in [0.15, 0.2) is 56.4 Å². The van der Waals surface area contributed by atoms with Gasteiger partial charge in [0.25, 0.3) is 21.8 Å². The molecule has 2 aromatic heterocycles. The standard InChI is InChI=1S/C25H30ClN3O6S/c1-6-15(3)23(30)29-36(32,33)22-11-10-20(35-22)24(31)27-16(4)13-25(5,7-2)14-21-28-18-12-17(26)8-9-19(18)34-21/h8-12,16H,3,6-7,13-14H2,1-2,4-5H3,(H,27,31)(H,29,30)/t16-,25-/m0/s1. The number of hydrogen-bond acceptors (Lipinski definition) is 7. The SMILES string of the molecule is C=C(CC)C(=O)NS(=O)(=O)c1ccc(C(=O)N[C@@H](C)C[C@](C)(CC)Cc2nc3cc(Cl)ccc3o2)o1. The van der Waals surface area contributed by atoms with Crippen molar-refractivity contribution in [3.8, 4) is 0 Å². The van der Waals surface area contributed by atoms with Crippen LogP contribution in [0.3, 0.4) is 0 Å². The zero-order valence-electron chi connectivity index (χ0n) is 20.7. The second-order valence-electron chi connectivity index (χ2n) is 9.15. The predicted molar refractivity (Wildman–Crippen MR) is 136 cm³/mol. The fourth-order valence-electron chi connectivity index (χ4n) is 3.81. The molecule has 0 saturated heterocycles. The lowest BCUT2D eigenvalue weighted by Crippen LogP contribution is -2.37. The Balaban J connectivity index is 1.64. The van der Waals surface area contributed by atoms with Crippen molar-refractivity contribution < 1.29 is 26.8 Å². The van der Waals surface area contributed by atoms with Gasteiger partial charge in [0.1, 0.15) is 5.52 Å². The minimum Gasteiger partial charge on any atom is -0.441 e. The molecule has 0 unspecified atom stereocenters. The Bertz CT molecular complexity index is 1390. The van der Waals surface area contributed by atoms with Crippen molar-refractivity contribution in [2.45, 2.75) is 64.5 Å². The second-order valence-corrected chi connectivity index (χ2v) is 11.2. The van der Waals surface area contributed by atoms with Gasteiger partial charge in [-0.1, -0.05) is 45.4 Å². The Labute approximate surface area is 215 Å². The number of nitrogens with zero attached hydrogens (tertiary/aromatic N) is 1. The first-order valence-electron chi connectivity index (χ1n) is 11.6. The fourth-order valence-corrected chi connectivity index (χ4v) is 4.91. The van der Waals surface area contributed by atoms with Gasteiger partial charge in [0, 0.05) is 23.1 Å². The summed E-state index contributed by atoms with van der Waals surface area (Å²) in [6.07, 6.45) is 2.26. The molecule has 0 aliphatic carbocycles. The highest BCUT2D eigenvalue weighted by molar-refractivity contribution is 7.90. The van der Waals surface area contributed by atoms with Crippen molar-refractivity contribution in [3.05, 3.63) is 59.2 Å². The first kappa shape index (κ1) is 27.5. The highest BCUT2D eigenvalue weighted by Crippen LogP contribution is 2.33. The highest BCUT2D eigenvalue weighted by Gasteiger charge is 2.29. The van der Waals surface area contributed by atoms with Crippen molar-refractivity contribution >= 4 is 44.5 Å². The van der Waals surface area contributed by atoms with Gasteiger partial charge in [-0.15, -0.1) is 0 Å². The van der Waals surface area contributed by atoms with Crippen molar-refractivity contribution in [3.63, 3.8) is 0 Å². The normalized spacial score (nSPS) is 14.2. The minimum atomic E-state index is -4.27. The number of nitrogens with one attached hydrogen (secondary N) is 2. The molecular weight excluding hydrogens is 506 g/mol. The highest BCUT2D eigenvalue weighted by atomic mass is 35.5. The van der Waals surface area contributed by atoms with Crippen LogP contribution in [-0.4, -0.2) is 31.3 Å². The zero-order valence-corrected chi connectivity index (χ0v) is 22.3. The summed E-state index contributed by atoms with van der Waals surface area (Å²) in [5.41, 5.74) is 1.22. The number of carbonyl (C=O) groups is 2. The molecule has 2 atom stereocenters. The molecule has 2 N–H and O–H groups in total. The molecule has 194 valence electrons. The quantitative estimate of drug-likeness (QED) is 0.330. The molecule has 9 nitrogen and oxygen atoms in total. The van der Waals surface area contributed by atoms with E-state index in [1.165, 1.54) is 6.07 Å². The summed E-state index contributed by atoms with van der Waals surface area (Å²) in [7, 11) is -4.27. The van der Waals surface area contributed by atoms with E-state index in [0.717, 1.165) is 12.5 Å². The Hall–Kier alpha value is -3.11. The van der Waals surface area contributed by atoms with E-state index in [4.69, 9.17) is 20.4 Å². The molecule has 3 aromatic rings. The van der Waals surface area contributed by atoms with Crippen LogP contribution in [0.2, 0.25) is 5.02 Å². The number of hydrogen-bond donors (Lipinski definition) is 2. The number of benzene rings is 1. The van der Waals surface area contributed by atoms with Gasteiger partial charge in [0.15, 0.2) is 17.2 Å². The smallest absolute Gasteiger partial charge is 0.297 e. The third kappa shape index (κ3) is 6.55. The first-order chi connectivity index (χ1) is 16.9. The van der Waals surface area contributed by atoms with Crippen LogP contribution in [0, 0.1) is 5.41 Å². The van der Waals surface area contributed by atoms with Crippen LogP contribution in [-0.2, 0) is 21.2 Å². The van der Waals surface area contributed by atoms with Gasteiger partial charge in [-0.05, 0) is 55.5 Å². The summed E-state index contributed by atoms with van der Waals surface area (Å²) >= 11 is 6.04. The van der Waals surface area contributed by atoms with Crippen LogP contribution in [0.25, 0.3) is 11.1 Å². The molecular formula is C25H30ClN3O6S. The Morgan fingerprint density at radius 2 is 1.92 bits per heavy atom. The van der Waals surface area contributed by atoms with Gasteiger partial charge in [0.05, 0.1) is 0 Å². The van der Waals surface area contributed by atoms with E-state index < -0.39 is 26.9 Å². The number of carbonyl (C=O) groups excluding carboxylic acids is 2. The van der Waals surface area contributed by atoms with E-state index in [0.29, 0.717) is 41.3 Å². The van der Waals surface area contributed by atoms with E-state index >= 15 is 0 Å². The molecule has 11 heteroatoms. The lowest BCUT2D eigenvalue weighted by molar-refractivity contribution is -0.115. The van der Waals surface area contributed by atoms with Gasteiger partial charge >= 0.3 is 0 Å². The molecule has 0 spiro atoms. The Kier molecular flexibility index (Phi) is 8.30. The van der Waals surface area contributed by atoms with Crippen molar-refractivity contribution in [2.24, 2.45) is 5.41 Å². The summed E-state index contributed by atoms with van der Waals surface area (Å²) in [4.78, 5) is 29.1. The molecule has 36 heavy (non-hydrogen) atoms. The number of sulfonamides is 1. The average molecular weight is 536 g/mol. The number of oxazole rings is 1. The third-order valence-electron chi connectivity index (χ3n) is 6.05. The van der Waals surface area contributed by atoms with Crippen molar-refractivity contribution in [1.82, 2.24) is 15.0 Å². The van der Waals surface area contributed by atoms with E-state index in [2.05, 4.69) is 30.7 Å². The van der Waals surface area contributed by atoms with Crippen LogP contribution in [0.5, 0.6) is 0 Å². The Morgan fingerprint density at radius 3 is 2.58 bits per heavy atom. The summed E-state index contributed by atoms with van der Waals surface area (Å²) in [5.74, 6) is -0.987. The maximum absolute atomic E-state index is 12.7. The number of fused-ring (bicyclic) bond motifs is 1. The molecule has 1 aromatic carbocycles. The third-order valence-corrected chi connectivity index (χ3v) is 7.49. The molecule has 0 fully saturated rings. The molecule has 2 heterocycles. The maximum Gasteiger partial charge on any atom is 0.297 e.